The van der Waals surface area contributed by atoms with Gasteiger partial charge in [0.1, 0.15) is 0 Å². The highest BCUT2D eigenvalue weighted by Crippen LogP contribution is 2.25. The molecule has 0 aromatic heterocycles. The van der Waals surface area contributed by atoms with E-state index in [0.29, 0.717) is 6.61 Å². The molecular weight excluding hydrogens is 298 g/mol. The average molecular weight is 332 g/mol. The summed E-state index contributed by atoms with van der Waals surface area (Å²) in [6, 6.07) is 8.92. The Morgan fingerprint density at radius 1 is 1.00 bits per heavy atom. The topological polar surface area (TPSA) is 41.8 Å². The summed E-state index contributed by atoms with van der Waals surface area (Å²) in [5, 5.41) is 9.60. The molecule has 0 saturated heterocycles. The minimum atomic E-state index is -0.707. The highest BCUT2D eigenvalue weighted by atomic mass is 16.5. The molecule has 0 amide bonds. The molecule has 1 aliphatic heterocycles. The summed E-state index contributed by atoms with van der Waals surface area (Å²) < 4.78 is 5.69. The van der Waals surface area contributed by atoms with E-state index in [1.54, 1.807) is 0 Å². The third-order valence-corrected chi connectivity index (χ3v) is 4.84. The summed E-state index contributed by atoms with van der Waals surface area (Å²) in [5.74, 6) is 0. The maximum atomic E-state index is 9.60. The number of unbranched alkanes of at least 4 members (excludes halogenated alkanes) is 5. The number of hydrogen-bond acceptors (Lipinski definition) is 3. The average Bonchev–Trinajstić information content (AvgIpc) is 2.99. The van der Waals surface area contributed by atoms with Crippen LogP contribution in [0.25, 0.3) is 0 Å². The van der Waals surface area contributed by atoms with Crippen LogP contribution in [-0.2, 0) is 17.6 Å². The number of hydrogen-bond donors (Lipinski definition) is 1. The maximum absolute atomic E-state index is 9.60. The predicted octanol–water partition coefficient (Wildman–Crippen LogP) is 4.70. The van der Waals surface area contributed by atoms with Crippen molar-refractivity contribution >= 4 is 5.71 Å². The zero-order valence-corrected chi connectivity index (χ0v) is 15.4. The fraction of sp³-hybridized carbons (Fsp3) is 0.667. The molecule has 3 heteroatoms. The van der Waals surface area contributed by atoms with Gasteiger partial charge in [0.05, 0.1) is 13.2 Å². The number of ether oxygens (including phenoxy) is 1. The number of benzene rings is 1. The summed E-state index contributed by atoms with van der Waals surface area (Å²) in [5.41, 5.74) is 2.98. The van der Waals surface area contributed by atoms with Crippen LogP contribution in [0.15, 0.2) is 29.3 Å². The predicted molar refractivity (Wildman–Crippen MR) is 101 cm³/mol. The fourth-order valence-corrected chi connectivity index (χ4v) is 3.26. The lowest BCUT2D eigenvalue weighted by Gasteiger charge is -2.23. The van der Waals surface area contributed by atoms with E-state index in [2.05, 4.69) is 36.2 Å². The van der Waals surface area contributed by atoms with Gasteiger partial charge in [0, 0.05) is 12.1 Å². The third kappa shape index (κ3) is 6.03. The van der Waals surface area contributed by atoms with Crippen molar-refractivity contribution in [2.45, 2.75) is 77.4 Å². The fourth-order valence-electron chi connectivity index (χ4n) is 3.26. The van der Waals surface area contributed by atoms with Crippen LogP contribution in [0.2, 0.25) is 0 Å². The van der Waals surface area contributed by atoms with Gasteiger partial charge in [-0.05, 0) is 37.3 Å². The zero-order chi connectivity index (χ0) is 17.3. The molecule has 1 N–H and O–H groups in total. The Morgan fingerprint density at radius 3 is 2.21 bits per heavy atom. The van der Waals surface area contributed by atoms with E-state index in [9.17, 15) is 5.11 Å². The number of aliphatic hydroxyl groups excluding tert-OH is 1. The van der Waals surface area contributed by atoms with Crippen LogP contribution in [0.4, 0.5) is 0 Å². The first-order chi connectivity index (χ1) is 11.7. The van der Waals surface area contributed by atoms with Crippen LogP contribution >= 0.6 is 0 Å². The molecule has 134 valence electrons. The van der Waals surface area contributed by atoms with Gasteiger partial charge in [-0.3, -0.25) is 4.99 Å². The molecule has 0 aliphatic carbocycles. The monoisotopic (exact) mass is 331 g/mol. The number of nitrogens with zero attached hydrogens (tertiary/aromatic N) is 1. The molecule has 1 heterocycles. The Bertz CT molecular complexity index is 509. The third-order valence-electron chi connectivity index (χ3n) is 4.84. The van der Waals surface area contributed by atoms with Crippen LogP contribution in [0.5, 0.6) is 0 Å². The maximum Gasteiger partial charge on any atom is 0.182 e. The summed E-state index contributed by atoms with van der Waals surface area (Å²) in [6.07, 6.45) is 10.9. The van der Waals surface area contributed by atoms with Crippen LogP contribution < -0.4 is 0 Å². The van der Waals surface area contributed by atoms with Gasteiger partial charge in [0.25, 0.3) is 0 Å². The first-order valence-electron chi connectivity index (χ1n) is 9.55. The second kappa shape index (κ2) is 9.95. The number of rotatable bonds is 11. The molecule has 1 aromatic carbocycles. The lowest BCUT2D eigenvalue weighted by molar-refractivity contribution is -0.0476. The van der Waals surface area contributed by atoms with Gasteiger partial charge < -0.3 is 9.84 Å². The van der Waals surface area contributed by atoms with Crippen molar-refractivity contribution in [1.82, 2.24) is 0 Å². The van der Waals surface area contributed by atoms with E-state index in [1.807, 2.05) is 6.92 Å². The molecule has 1 aromatic rings. The van der Waals surface area contributed by atoms with Gasteiger partial charge in [-0.15, -0.1) is 0 Å². The largest absolute Gasteiger partial charge is 0.391 e. The Balaban J connectivity index is 1.72. The Morgan fingerprint density at radius 2 is 1.62 bits per heavy atom. The van der Waals surface area contributed by atoms with E-state index in [1.165, 1.54) is 56.1 Å². The van der Waals surface area contributed by atoms with Crippen LogP contribution in [0.1, 0.15) is 69.9 Å². The Kier molecular flexibility index (Phi) is 7.93. The zero-order valence-electron chi connectivity index (χ0n) is 15.4. The molecule has 1 unspecified atom stereocenters. The van der Waals surface area contributed by atoms with Crippen molar-refractivity contribution in [1.29, 1.82) is 0 Å². The molecule has 1 atom stereocenters. The van der Waals surface area contributed by atoms with Crippen molar-refractivity contribution in [3.63, 3.8) is 0 Å². The molecule has 0 fully saturated rings. The normalized spacial score (nSPS) is 20.4. The summed E-state index contributed by atoms with van der Waals surface area (Å²) in [4.78, 5) is 4.49. The number of aryl methyl sites for hydroxylation is 2. The molecule has 0 saturated carbocycles. The van der Waals surface area contributed by atoms with Gasteiger partial charge in [-0.25, -0.2) is 0 Å². The second-order valence-corrected chi connectivity index (χ2v) is 7.07. The molecule has 0 spiro atoms. The van der Waals surface area contributed by atoms with Crippen LogP contribution in [-0.4, -0.2) is 29.8 Å². The van der Waals surface area contributed by atoms with Crippen molar-refractivity contribution in [3.05, 3.63) is 35.4 Å². The summed E-state index contributed by atoms with van der Waals surface area (Å²) in [6.45, 7) is 4.71. The molecule has 3 nitrogen and oxygen atoms in total. The van der Waals surface area contributed by atoms with E-state index >= 15 is 0 Å². The van der Waals surface area contributed by atoms with Gasteiger partial charge in [-0.1, -0.05) is 63.3 Å². The first-order valence-corrected chi connectivity index (χ1v) is 9.55. The molecule has 24 heavy (non-hydrogen) atoms. The molecular formula is C21H33NO2. The van der Waals surface area contributed by atoms with Crippen molar-refractivity contribution < 1.29 is 9.84 Å². The van der Waals surface area contributed by atoms with Crippen molar-refractivity contribution in [2.75, 3.05) is 13.2 Å². The lowest BCUT2D eigenvalue weighted by Crippen LogP contribution is -2.32. The van der Waals surface area contributed by atoms with Crippen LogP contribution in [0, 0.1) is 0 Å². The van der Waals surface area contributed by atoms with Gasteiger partial charge in [0.2, 0.25) is 0 Å². The SMILES string of the molecule is CCCCCCCCc1ccc(CCC2(CO)N=C(C)CO2)cc1. The molecule has 0 bridgehead atoms. The van der Waals surface area contributed by atoms with Gasteiger partial charge in [-0.2, -0.15) is 0 Å². The summed E-state index contributed by atoms with van der Waals surface area (Å²) >= 11 is 0. The van der Waals surface area contributed by atoms with Crippen LogP contribution in [0.3, 0.4) is 0 Å². The Labute approximate surface area is 147 Å². The Hall–Kier alpha value is -1.19. The van der Waals surface area contributed by atoms with Gasteiger partial charge >= 0.3 is 0 Å². The van der Waals surface area contributed by atoms with E-state index in [4.69, 9.17) is 4.74 Å². The van der Waals surface area contributed by atoms with E-state index < -0.39 is 5.72 Å². The highest BCUT2D eigenvalue weighted by molar-refractivity contribution is 5.84. The number of aliphatic imine (C=N–C) groups is 1. The standard InChI is InChI=1S/C21H33NO2/c1-3-4-5-6-7-8-9-19-10-12-20(13-11-19)14-15-21(17-23)22-18(2)16-24-21/h10-13,23H,3-9,14-17H2,1-2H3. The first kappa shape index (κ1) is 19.1. The summed E-state index contributed by atoms with van der Waals surface area (Å²) in [7, 11) is 0. The lowest BCUT2D eigenvalue weighted by atomic mass is 10.00. The second-order valence-electron chi connectivity index (χ2n) is 7.07. The van der Waals surface area contributed by atoms with E-state index in [0.717, 1.165) is 18.6 Å². The molecule has 1 aliphatic rings. The van der Waals surface area contributed by atoms with Crippen molar-refractivity contribution in [3.8, 4) is 0 Å². The van der Waals surface area contributed by atoms with E-state index in [-0.39, 0.29) is 6.61 Å². The highest BCUT2D eigenvalue weighted by Gasteiger charge is 2.33. The van der Waals surface area contributed by atoms with Crippen molar-refractivity contribution in [2.24, 2.45) is 4.99 Å². The van der Waals surface area contributed by atoms with Gasteiger partial charge in [0.15, 0.2) is 5.72 Å². The molecule has 2 rings (SSSR count). The smallest absolute Gasteiger partial charge is 0.182 e. The minimum absolute atomic E-state index is 0.0412. The number of aliphatic hydroxyl groups is 1. The quantitative estimate of drug-likeness (QED) is 0.597. The molecule has 0 radical (unpaired) electrons. The minimum Gasteiger partial charge on any atom is -0.391 e.